The molecule has 1 amide bonds. The largest absolute Gasteiger partial charge is 0.392 e. The summed E-state index contributed by atoms with van der Waals surface area (Å²) >= 11 is 0. The Morgan fingerprint density at radius 2 is 2.00 bits per heavy atom. The summed E-state index contributed by atoms with van der Waals surface area (Å²) in [4.78, 5) is 15.1. The van der Waals surface area contributed by atoms with Crippen LogP contribution in [0.4, 0.5) is 10.1 Å². The number of aliphatic hydroxyl groups is 1. The Kier molecular flexibility index (Phi) is 3.64. The Labute approximate surface area is 103 Å². The van der Waals surface area contributed by atoms with Crippen molar-refractivity contribution < 1.29 is 14.3 Å². The van der Waals surface area contributed by atoms with E-state index in [0.29, 0.717) is 5.69 Å². The second-order valence-electron chi connectivity index (χ2n) is 3.68. The fraction of sp³-hybridized carbons (Fsp3) is 0.0769. The van der Waals surface area contributed by atoms with Gasteiger partial charge in [0, 0.05) is 23.5 Å². The molecule has 0 atom stereocenters. The van der Waals surface area contributed by atoms with E-state index in [0.717, 1.165) is 11.6 Å². The maximum Gasteiger partial charge on any atom is 0.255 e. The molecule has 0 saturated carbocycles. The smallest absolute Gasteiger partial charge is 0.255 e. The first-order valence-corrected chi connectivity index (χ1v) is 5.32. The van der Waals surface area contributed by atoms with Crippen LogP contribution in [0, 0.1) is 5.95 Å². The number of amides is 1. The molecule has 0 saturated heterocycles. The molecular weight excluding hydrogens is 235 g/mol. The first kappa shape index (κ1) is 12.2. The van der Waals surface area contributed by atoms with Crippen molar-refractivity contribution >= 4 is 11.6 Å². The van der Waals surface area contributed by atoms with Crippen LogP contribution in [0.1, 0.15) is 15.9 Å². The summed E-state index contributed by atoms with van der Waals surface area (Å²) in [6.07, 6.45) is 1.24. The van der Waals surface area contributed by atoms with Crippen LogP contribution in [0.5, 0.6) is 0 Å². The molecule has 0 aliphatic rings. The highest BCUT2D eigenvalue weighted by atomic mass is 19.1. The molecular formula is C13H11FN2O2. The van der Waals surface area contributed by atoms with Gasteiger partial charge in [0.05, 0.1) is 6.61 Å². The highest BCUT2D eigenvalue weighted by molar-refractivity contribution is 6.04. The lowest BCUT2D eigenvalue weighted by Gasteiger charge is -2.05. The summed E-state index contributed by atoms with van der Waals surface area (Å²) in [5.41, 5.74) is 1.53. The van der Waals surface area contributed by atoms with Gasteiger partial charge in [0.15, 0.2) is 0 Å². The fourth-order valence-electron chi connectivity index (χ4n) is 1.44. The monoisotopic (exact) mass is 246 g/mol. The second-order valence-corrected chi connectivity index (χ2v) is 3.68. The number of aromatic nitrogens is 1. The summed E-state index contributed by atoms with van der Waals surface area (Å²) in [5.74, 6) is -1.11. The lowest BCUT2D eigenvalue weighted by molar-refractivity contribution is 0.102. The maximum atomic E-state index is 12.8. The summed E-state index contributed by atoms with van der Waals surface area (Å²) in [7, 11) is 0. The number of pyridine rings is 1. The summed E-state index contributed by atoms with van der Waals surface area (Å²) < 4.78 is 12.8. The molecule has 0 radical (unpaired) electrons. The van der Waals surface area contributed by atoms with Gasteiger partial charge in [0.1, 0.15) is 0 Å². The van der Waals surface area contributed by atoms with Crippen LogP contribution < -0.4 is 5.32 Å². The molecule has 0 bridgehead atoms. The van der Waals surface area contributed by atoms with Gasteiger partial charge in [-0.3, -0.25) is 4.79 Å². The maximum absolute atomic E-state index is 12.8. The zero-order valence-corrected chi connectivity index (χ0v) is 9.43. The van der Waals surface area contributed by atoms with E-state index >= 15 is 0 Å². The fourth-order valence-corrected chi connectivity index (χ4v) is 1.44. The molecule has 92 valence electrons. The summed E-state index contributed by atoms with van der Waals surface area (Å²) in [6, 6.07) is 9.23. The molecule has 0 unspecified atom stereocenters. The van der Waals surface area contributed by atoms with Gasteiger partial charge in [0.2, 0.25) is 5.95 Å². The molecule has 0 aliphatic carbocycles. The van der Waals surface area contributed by atoms with Gasteiger partial charge in [-0.25, -0.2) is 4.98 Å². The lowest BCUT2D eigenvalue weighted by atomic mass is 10.2. The minimum Gasteiger partial charge on any atom is -0.392 e. The van der Waals surface area contributed by atoms with Crippen molar-refractivity contribution in [3.05, 3.63) is 59.7 Å². The third kappa shape index (κ3) is 2.89. The Hall–Kier alpha value is -2.27. The summed E-state index contributed by atoms with van der Waals surface area (Å²) in [6.45, 7) is -0.0518. The normalized spacial score (nSPS) is 10.1. The molecule has 0 fully saturated rings. The van der Waals surface area contributed by atoms with Crippen LogP contribution in [-0.4, -0.2) is 16.0 Å². The third-order valence-corrected chi connectivity index (χ3v) is 2.38. The van der Waals surface area contributed by atoms with Gasteiger partial charge < -0.3 is 10.4 Å². The highest BCUT2D eigenvalue weighted by Crippen LogP contribution is 2.11. The number of nitrogens with one attached hydrogen (secondary N) is 1. The van der Waals surface area contributed by atoms with Crippen molar-refractivity contribution in [1.29, 1.82) is 0 Å². The molecule has 2 N–H and O–H groups in total. The number of rotatable bonds is 3. The van der Waals surface area contributed by atoms with E-state index in [1.165, 1.54) is 12.3 Å². The molecule has 1 aromatic heterocycles. The van der Waals surface area contributed by atoms with Crippen LogP contribution in [0.15, 0.2) is 42.6 Å². The standard InChI is InChI=1S/C13H11FN2O2/c14-12-7-10(5-6-15-12)13(18)16-11-3-1-9(8-17)2-4-11/h1-7,17H,8H2,(H,16,18). The van der Waals surface area contributed by atoms with E-state index in [4.69, 9.17) is 5.11 Å². The number of benzene rings is 1. The molecule has 2 aromatic rings. The van der Waals surface area contributed by atoms with Gasteiger partial charge in [-0.1, -0.05) is 12.1 Å². The van der Waals surface area contributed by atoms with E-state index in [-0.39, 0.29) is 12.2 Å². The average Bonchev–Trinajstić information content (AvgIpc) is 2.39. The number of nitrogens with zero attached hydrogens (tertiary/aromatic N) is 1. The minimum atomic E-state index is -0.696. The number of hydrogen-bond acceptors (Lipinski definition) is 3. The molecule has 1 heterocycles. The number of carbonyl (C=O) groups is 1. The van der Waals surface area contributed by atoms with Crippen molar-refractivity contribution in [2.45, 2.75) is 6.61 Å². The predicted octanol–water partition coefficient (Wildman–Crippen LogP) is 1.97. The number of carbonyl (C=O) groups excluding carboxylic acids is 1. The Bertz CT molecular complexity index is 555. The number of aliphatic hydroxyl groups excluding tert-OH is 1. The van der Waals surface area contributed by atoms with Gasteiger partial charge in [-0.15, -0.1) is 0 Å². The number of hydrogen-bond donors (Lipinski definition) is 2. The second kappa shape index (κ2) is 5.37. The topological polar surface area (TPSA) is 62.2 Å². The van der Waals surface area contributed by atoms with Crippen molar-refractivity contribution in [3.8, 4) is 0 Å². The number of anilines is 1. The molecule has 1 aromatic carbocycles. The minimum absolute atomic E-state index is 0.0518. The predicted molar refractivity (Wildman–Crippen MR) is 64.5 cm³/mol. The van der Waals surface area contributed by atoms with Crippen LogP contribution in [0.25, 0.3) is 0 Å². The molecule has 0 spiro atoms. The van der Waals surface area contributed by atoms with Crippen molar-refractivity contribution in [2.24, 2.45) is 0 Å². The van der Waals surface area contributed by atoms with Crippen LogP contribution in [0.2, 0.25) is 0 Å². The van der Waals surface area contributed by atoms with Gasteiger partial charge in [0.25, 0.3) is 5.91 Å². The van der Waals surface area contributed by atoms with Gasteiger partial charge >= 0.3 is 0 Å². The van der Waals surface area contributed by atoms with Crippen molar-refractivity contribution in [2.75, 3.05) is 5.32 Å². The van der Waals surface area contributed by atoms with E-state index < -0.39 is 11.9 Å². The highest BCUT2D eigenvalue weighted by Gasteiger charge is 2.07. The van der Waals surface area contributed by atoms with Crippen molar-refractivity contribution in [1.82, 2.24) is 4.98 Å². The molecule has 4 nitrogen and oxygen atoms in total. The molecule has 5 heteroatoms. The van der Waals surface area contributed by atoms with Crippen LogP contribution >= 0.6 is 0 Å². The van der Waals surface area contributed by atoms with E-state index in [1.54, 1.807) is 24.3 Å². The first-order chi connectivity index (χ1) is 8.69. The van der Waals surface area contributed by atoms with Crippen molar-refractivity contribution in [3.63, 3.8) is 0 Å². The third-order valence-electron chi connectivity index (χ3n) is 2.38. The quantitative estimate of drug-likeness (QED) is 0.814. The number of halogens is 1. The Morgan fingerprint density at radius 3 is 2.61 bits per heavy atom. The van der Waals surface area contributed by atoms with E-state index in [9.17, 15) is 9.18 Å². The van der Waals surface area contributed by atoms with E-state index in [1.807, 2.05) is 0 Å². The molecule has 2 rings (SSSR count). The first-order valence-electron chi connectivity index (χ1n) is 5.32. The van der Waals surface area contributed by atoms with Crippen LogP contribution in [0.3, 0.4) is 0 Å². The SMILES string of the molecule is O=C(Nc1ccc(CO)cc1)c1ccnc(F)c1. The van der Waals surface area contributed by atoms with Crippen LogP contribution in [-0.2, 0) is 6.61 Å². The Morgan fingerprint density at radius 1 is 1.28 bits per heavy atom. The zero-order valence-electron chi connectivity index (χ0n) is 9.43. The Balaban J connectivity index is 2.11. The van der Waals surface area contributed by atoms with Gasteiger partial charge in [-0.2, -0.15) is 4.39 Å². The molecule has 0 aliphatic heterocycles. The van der Waals surface area contributed by atoms with E-state index in [2.05, 4.69) is 10.3 Å². The lowest BCUT2D eigenvalue weighted by Crippen LogP contribution is -2.12. The average molecular weight is 246 g/mol. The zero-order chi connectivity index (χ0) is 13.0. The molecule has 18 heavy (non-hydrogen) atoms. The summed E-state index contributed by atoms with van der Waals surface area (Å²) in [5, 5.41) is 11.5. The van der Waals surface area contributed by atoms with Gasteiger partial charge in [-0.05, 0) is 23.8 Å².